The van der Waals surface area contributed by atoms with Crippen LogP contribution < -0.4 is 4.72 Å². The predicted octanol–water partition coefficient (Wildman–Crippen LogP) is 2.94. The molecule has 0 saturated carbocycles. The lowest BCUT2D eigenvalue weighted by Crippen LogP contribution is -2.39. The summed E-state index contributed by atoms with van der Waals surface area (Å²) >= 11 is 12.6. The minimum atomic E-state index is -3.82. The van der Waals surface area contributed by atoms with Gasteiger partial charge in [0.2, 0.25) is 10.0 Å². The molecule has 2 N–H and O–H groups in total. The molecule has 0 amide bonds. The fourth-order valence-corrected chi connectivity index (χ4v) is 5.21. The molecular formula is C13H13Cl2NO3S2. The maximum Gasteiger partial charge on any atom is 0.243 e. The molecule has 21 heavy (non-hydrogen) atoms. The number of sulfonamides is 1. The molecule has 1 aromatic carbocycles. The molecule has 0 bridgehead atoms. The van der Waals surface area contributed by atoms with Crippen LogP contribution in [0.4, 0.5) is 0 Å². The van der Waals surface area contributed by atoms with Crippen molar-refractivity contribution in [3.8, 4) is 0 Å². The Morgan fingerprint density at radius 2 is 1.90 bits per heavy atom. The molecule has 2 aromatic rings. The van der Waals surface area contributed by atoms with Crippen molar-refractivity contribution in [3.05, 3.63) is 50.6 Å². The van der Waals surface area contributed by atoms with Gasteiger partial charge in [0.1, 0.15) is 9.23 Å². The number of nitrogens with one attached hydrogen (secondary N) is 1. The van der Waals surface area contributed by atoms with E-state index in [0.29, 0.717) is 10.8 Å². The number of rotatable bonds is 6. The van der Waals surface area contributed by atoms with Crippen LogP contribution in [0.25, 0.3) is 0 Å². The lowest BCUT2D eigenvalue weighted by atomic mass is 10.1. The third-order valence-corrected chi connectivity index (χ3v) is 6.06. The average molecular weight is 366 g/mol. The van der Waals surface area contributed by atoms with Crippen molar-refractivity contribution in [2.75, 3.05) is 6.61 Å². The molecule has 1 aromatic heterocycles. The van der Waals surface area contributed by atoms with E-state index in [0.717, 1.165) is 16.9 Å². The number of hydrogen-bond acceptors (Lipinski definition) is 4. The van der Waals surface area contributed by atoms with E-state index in [1.165, 1.54) is 6.07 Å². The quantitative estimate of drug-likeness (QED) is 0.826. The summed E-state index contributed by atoms with van der Waals surface area (Å²) in [5.74, 6) is 0. The molecule has 0 aliphatic carbocycles. The van der Waals surface area contributed by atoms with E-state index in [9.17, 15) is 13.5 Å². The van der Waals surface area contributed by atoms with Crippen LogP contribution in [0.15, 0.2) is 41.3 Å². The van der Waals surface area contributed by atoms with Gasteiger partial charge in [0, 0.05) is 6.04 Å². The van der Waals surface area contributed by atoms with Crippen molar-refractivity contribution in [2.24, 2.45) is 0 Å². The Labute approximate surface area is 137 Å². The second-order valence-electron chi connectivity index (χ2n) is 4.38. The van der Waals surface area contributed by atoms with Crippen molar-refractivity contribution in [1.82, 2.24) is 4.72 Å². The second-order valence-corrected chi connectivity index (χ2v) is 8.35. The van der Waals surface area contributed by atoms with Gasteiger partial charge in [-0.05, 0) is 18.1 Å². The van der Waals surface area contributed by atoms with Gasteiger partial charge in [0.25, 0.3) is 0 Å². The highest BCUT2D eigenvalue weighted by atomic mass is 35.5. The van der Waals surface area contributed by atoms with Crippen LogP contribution in [-0.4, -0.2) is 26.2 Å². The van der Waals surface area contributed by atoms with Crippen LogP contribution in [0, 0.1) is 0 Å². The molecule has 4 nitrogen and oxygen atoms in total. The fraction of sp³-hybridized carbons (Fsp3) is 0.231. The fourth-order valence-electron chi connectivity index (χ4n) is 1.83. The average Bonchev–Trinajstić information content (AvgIpc) is 2.79. The second kappa shape index (κ2) is 7.09. The van der Waals surface area contributed by atoms with Crippen molar-refractivity contribution in [1.29, 1.82) is 0 Å². The number of thiophene rings is 1. The Morgan fingerprint density at radius 1 is 1.24 bits per heavy atom. The third-order valence-electron chi connectivity index (χ3n) is 2.78. The molecular weight excluding hydrogens is 353 g/mol. The summed E-state index contributed by atoms with van der Waals surface area (Å²) in [6.07, 6.45) is 0.381. The van der Waals surface area contributed by atoms with Gasteiger partial charge in [0.05, 0.1) is 10.9 Å². The van der Waals surface area contributed by atoms with Crippen LogP contribution >= 0.6 is 34.5 Å². The largest absolute Gasteiger partial charge is 0.395 e. The zero-order valence-corrected chi connectivity index (χ0v) is 13.9. The zero-order valence-electron chi connectivity index (χ0n) is 10.8. The standard InChI is InChI=1S/C13H13Cl2NO3S2/c14-12-7-11(13(15)20-12)21(18,19)16-10(8-17)6-9-4-2-1-3-5-9/h1-5,7,10,16-17H,6,8H2/t10-/m0/s1. The number of hydrogen-bond donors (Lipinski definition) is 2. The first kappa shape index (κ1) is 16.7. The highest BCUT2D eigenvalue weighted by Crippen LogP contribution is 2.34. The first-order chi connectivity index (χ1) is 9.92. The van der Waals surface area contributed by atoms with Crippen LogP contribution in [0.2, 0.25) is 8.67 Å². The van der Waals surface area contributed by atoms with Gasteiger partial charge in [-0.3, -0.25) is 0 Å². The summed E-state index contributed by atoms with van der Waals surface area (Å²) in [7, 11) is -3.82. The summed E-state index contributed by atoms with van der Waals surface area (Å²) in [5, 5.41) is 9.39. The maximum atomic E-state index is 12.3. The molecule has 0 fully saturated rings. The molecule has 0 spiro atoms. The van der Waals surface area contributed by atoms with E-state index in [2.05, 4.69) is 4.72 Å². The summed E-state index contributed by atoms with van der Waals surface area (Å²) in [6.45, 7) is -0.316. The molecule has 0 saturated heterocycles. The minimum Gasteiger partial charge on any atom is -0.395 e. The van der Waals surface area contributed by atoms with Gasteiger partial charge in [-0.15, -0.1) is 11.3 Å². The van der Waals surface area contributed by atoms with E-state index < -0.39 is 16.1 Å². The number of halogens is 2. The highest BCUT2D eigenvalue weighted by Gasteiger charge is 2.24. The first-order valence-electron chi connectivity index (χ1n) is 6.04. The Bertz CT molecular complexity index is 701. The molecule has 0 radical (unpaired) electrons. The smallest absolute Gasteiger partial charge is 0.243 e. The molecule has 1 atom stereocenters. The van der Waals surface area contributed by atoms with Gasteiger partial charge < -0.3 is 5.11 Å². The highest BCUT2D eigenvalue weighted by molar-refractivity contribution is 7.89. The predicted molar refractivity (Wildman–Crippen MR) is 85.7 cm³/mol. The molecule has 0 aliphatic rings. The summed E-state index contributed by atoms with van der Waals surface area (Å²) in [4.78, 5) is -0.0642. The van der Waals surface area contributed by atoms with Crippen molar-refractivity contribution < 1.29 is 13.5 Å². The molecule has 0 aliphatic heterocycles. The van der Waals surface area contributed by atoms with Crippen LogP contribution in [0.3, 0.4) is 0 Å². The van der Waals surface area contributed by atoms with Crippen molar-refractivity contribution in [3.63, 3.8) is 0 Å². The summed E-state index contributed by atoms with van der Waals surface area (Å²) < 4.78 is 27.4. The Kier molecular flexibility index (Phi) is 5.65. The van der Waals surface area contributed by atoms with E-state index in [1.807, 2.05) is 30.3 Å². The van der Waals surface area contributed by atoms with E-state index in [-0.39, 0.29) is 15.8 Å². The van der Waals surface area contributed by atoms with Crippen molar-refractivity contribution in [2.45, 2.75) is 17.4 Å². The molecule has 1 heterocycles. The Morgan fingerprint density at radius 3 is 2.43 bits per heavy atom. The Balaban J connectivity index is 2.16. The SMILES string of the molecule is O=S(=O)(N[C@H](CO)Cc1ccccc1)c1cc(Cl)sc1Cl. The monoisotopic (exact) mass is 365 g/mol. The van der Waals surface area contributed by atoms with Crippen LogP contribution in [0.1, 0.15) is 5.56 Å². The van der Waals surface area contributed by atoms with Crippen molar-refractivity contribution >= 4 is 44.6 Å². The maximum absolute atomic E-state index is 12.3. The molecule has 114 valence electrons. The van der Waals surface area contributed by atoms with E-state index >= 15 is 0 Å². The molecule has 2 rings (SSSR count). The van der Waals surface area contributed by atoms with Crippen LogP contribution in [0.5, 0.6) is 0 Å². The number of aliphatic hydroxyl groups is 1. The lowest BCUT2D eigenvalue weighted by Gasteiger charge is -2.16. The molecule has 0 unspecified atom stereocenters. The van der Waals surface area contributed by atoms with Gasteiger partial charge >= 0.3 is 0 Å². The topological polar surface area (TPSA) is 66.4 Å². The van der Waals surface area contributed by atoms with Gasteiger partial charge in [-0.1, -0.05) is 53.5 Å². The molecule has 8 heteroatoms. The third kappa shape index (κ3) is 4.42. The summed E-state index contributed by atoms with van der Waals surface area (Å²) in [6, 6.07) is 9.98. The number of benzene rings is 1. The van der Waals surface area contributed by atoms with Gasteiger partial charge in [-0.25, -0.2) is 13.1 Å². The van der Waals surface area contributed by atoms with E-state index in [1.54, 1.807) is 0 Å². The van der Waals surface area contributed by atoms with Gasteiger partial charge in [0.15, 0.2) is 0 Å². The normalized spacial score (nSPS) is 13.3. The van der Waals surface area contributed by atoms with E-state index in [4.69, 9.17) is 23.2 Å². The van der Waals surface area contributed by atoms with Crippen LogP contribution in [-0.2, 0) is 16.4 Å². The van der Waals surface area contributed by atoms with Gasteiger partial charge in [-0.2, -0.15) is 0 Å². The lowest BCUT2D eigenvalue weighted by molar-refractivity contribution is 0.256. The zero-order chi connectivity index (χ0) is 15.5. The number of aliphatic hydroxyl groups excluding tert-OH is 1. The Hall–Kier alpha value is -0.630. The first-order valence-corrected chi connectivity index (χ1v) is 9.10. The minimum absolute atomic E-state index is 0.0642. The summed E-state index contributed by atoms with van der Waals surface area (Å²) in [5.41, 5.74) is 0.925.